The zero-order valence-electron chi connectivity index (χ0n) is 15.7. The molecule has 26 heavy (non-hydrogen) atoms. The first-order chi connectivity index (χ1) is 12.0. The Bertz CT molecular complexity index is 709. The van der Waals surface area contributed by atoms with Crippen LogP contribution in [0.3, 0.4) is 0 Å². The summed E-state index contributed by atoms with van der Waals surface area (Å²) in [4.78, 5) is 14.5. The molecule has 1 saturated heterocycles. The molecular formula is C19H28ClN5O. The van der Waals surface area contributed by atoms with Crippen LogP contribution < -0.4 is 5.32 Å². The van der Waals surface area contributed by atoms with E-state index in [-0.39, 0.29) is 24.4 Å². The predicted molar refractivity (Wildman–Crippen MR) is 105 cm³/mol. The summed E-state index contributed by atoms with van der Waals surface area (Å²) < 4.78 is 1.85. The van der Waals surface area contributed by atoms with Gasteiger partial charge in [-0.1, -0.05) is 35.0 Å². The summed E-state index contributed by atoms with van der Waals surface area (Å²) in [7, 11) is 1.84. The molecule has 1 fully saturated rings. The van der Waals surface area contributed by atoms with Crippen molar-refractivity contribution in [1.82, 2.24) is 25.2 Å². The van der Waals surface area contributed by atoms with E-state index in [9.17, 15) is 4.79 Å². The van der Waals surface area contributed by atoms with Crippen LogP contribution in [0, 0.1) is 6.92 Å². The number of carbonyl (C=O) groups excluding carboxylic acids is 1. The van der Waals surface area contributed by atoms with Gasteiger partial charge in [0.25, 0.3) is 5.91 Å². The molecule has 2 aromatic rings. The molecule has 1 aromatic heterocycles. The Morgan fingerprint density at radius 1 is 1.31 bits per heavy atom. The standard InChI is InChI=1S/C19H27N5O.ClH/c1-14-4-6-16(7-5-14)12-15(2)23(3)19(25)18-13-24(22-21-18)17-8-10-20-11-9-17;/h4-7,13,15,17,20H,8-12H2,1-3H3;1H. The molecule has 1 aromatic carbocycles. The highest BCUT2D eigenvalue weighted by Gasteiger charge is 2.23. The first-order valence-corrected chi connectivity index (χ1v) is 9.00. The summed E-state index contributed by atoms with van der Waals surface area (Å²) in [5, 5.41) is 11.6. The van der Waals surface area contributed by atoms with Crippen LogP contribution in [-0.2, 0) is 6.42 Å². The summed E-state index contributed by atoms with van der Waals surface area (Å²) in [6.07, 6.45) is 4.67. The number of hydrogen-bond donors (Lipinski definition) is 1. The molecule has 142 valence electrons. The van der Waals surface area contributed by atoms with E-state index in [0.717, 1.165) is 32.4 Å². The van der Waals surface area contributed by atoms with Gasteiger partial charge in [0, 0.05) is 13.1 Å². The smallest absolute Gasteiger partial charge is 0.276 e. The molecule has 1 aliphatic heterocycles. The molecule has 2 heterocycles. The SMILES string of the molecule is Cc1ccc(CC(C)N(C)C(=O)c2cn(C3CCNCC3)nn2)cc1.Cl. The number of carbonyl (C=O) groups is 1. The maximum atomic E-state index is 12.7. The van der Waals surface area contributed by atoms with Crippen molar-refractivity contribution in [2.45, 2.75) is 45.2 Å². The van der Waals surface area contributed by atoms with Crippen molar-refractivity contribution in [1.29, 1.82) is 0 Å². The Morgan fingerprint density at radius 3 is 2.62 bits per heavy atom. The number of amides is 1. The largest absolute Gasteiger partial charge is 0.337 e. The van der Waals surface area contributed by atoms with Crippen LogP contribution in [0.4, 0.5) is 0 Å². The van der Waals surface area contributed by atoms with Gasteiger partial charge >= 0.3 is 0 Å². The highest BCUT2D eigenvalue weighted by Crippen LogP contribution is 2.18. The Hall–Kier alpha value is -1.92. The van der Waals surface area contributed by atoms with Crippen LogP contribution in [0.15, 0.2) is 30.5 Å². The van der Waals surface area contributed by atoms with E-state index in [1.807, 2.05) is 11.7 Å². The Kier molecular flexibility index (Phi) is 7.17. The summed E-state index contributed by atoms with van der Waals surface area (Å²) >= 11 is 0. The van der Waals surface area contributed by atoms with Gasteiger partial charge in [-0.15, -0.1) is 17.5 Å². The fourth-order valence-electron chi connectivity index (χ4n) is 3.21. The van der Waals surface area contributed by atoms with Crippen molar-refractivity contribution in [3.8, 4) is 0 Å². The molecule has 1 unspecified atom stereocenters. The van der Waals surface area contributed by atoms with Gasteiger partial charge in [0.05, 0.1) is 12.2 Å². The summed E-state index contributed by atoms with van der Waals surface area (Å²) in [6.45, 7) is 6.12. The topological polar surface area (TPSA) is 63.1 Å². The minimum Gasteiger partial charge on any atom is -0.337 e. The number of benzene rings is 1. The number of nitrogens with one attached hydrogen (secondary N) is 1. The third-order valence-electron chi connectivity index (χ3n) is 5.05. The van der Waals surface area contributed by atoms with E-state index in [4.69, 9.17) is 0 Å². The number of rotatable bonds is 5. The van der Waals surface area contributed by atoms with Crippen LogP contribution in [0.2, 0.25) is 0 Å². The van der Waals surface area contributed by atoms with Gasteiger partial charge in [-0.3, -0.25) is 4.79 Å². The molecule has 3 rings (SSSR count). The number of nitrogens with zero attached hydrogens (tertiary/aromatic N) is 4. The third kappa shape index (κ3) is 4.83. The molecule has 1 aliphatic rings. The molecule has 0 saturated carbocycles. The van der Waals surface area contributed by atoms with E-state index in [1.165, 1.54) is 11.1 Å². The van der Waals surface area contributed by atoms with Crippen LogP contribution in [0.5, 0.6) is 0 Å². The molecule has 0 radical (unpaired) electrons. The maximum Gasteiger partial charge on any atom is 0.276 e. The predicted octanol–water partition coefficient (Wildman–Crippen LogP) is 2.64. The number of aromatic nitrogens is 3. The van der Waals surface area contributed by atoms with Gasteiger partial charge in [0.2, 0.25) is 0 Å². The van der Waals surface area contributed by atoms with E-state index < -0.39 is 0 Å². The van der Waals surface area contributed by atoms with Crippen molar-refractivity contribution in [3.05, 3.63) is 47.3 Å². The summed E-state index contributed by atoms with van der Waals surface area (Å²) in [5.74, 6) is -0.0696. The lowest BCUT2D eigenvalue weighted by Crippen LogP contribution is -2.36. The molecule has 0 aliphatic carbocycles. The van der Waals surface area contributed by atoms with Gasteiger partial charge in [-0.25, -0.2) is 4.68 Å². The average molecular weight is 378 g/mol. The van der Waals surface area contributed by atoms with Gasteiger partial charge in [0.15, 0.2) is 5.69 Å². The molecule has 1 N–H and O–H groups in total. The Balaban J connectivity index is 0.00000243. The second-order valence-electron chi connectivity index (χ2n) is 7.02. The molecule has 1 amide bonds. The van der Waals surface area contributed by atoms with E-state index in [1.54, 1.807) is 11.1 Å². The highest BCUT2D eigenvalue weighted by molar-refractivity contribution is 5.91. The molecule has 7 heteroatoms. The summed E-state index contributed by atoms with van der Waals surface area (Å²) in [6, 6.07) is 8.89. The van der Waals surface area contributed by atoms with E-state index in [0.29, 0.717) is 11.7 Å². The zero-order chi connectivity index (χ0) is 17.8. The van der Waals surface area contributed by atoms with Crippen LogP contribution in [-0.4, -0.2) is 52.0 Å². The van der Waals surface area contributed by atoms with E-state index >= 15 is 0 Å². The number of halogens is 1. The lowest BCUT2D eigenvalue weighted by molar-refractivity contribution is 0.0737. The zero-order valence-corrected chi connectivity index (χ0v) is 16.5. The number of hydrogen-bond acceptors (Lipinski definition) is 4. The van der Waals surface area contributed by atoms with Crippen molar-refractivity contribution < 1.29 is 4.79 Å². The second-order valence-corrected chi connectivity index (χ2v) is 7.02. The fraction of sp³-hybridized carbons (Fsp3) is 0.526. The number of likely N-dealkylation sites (N-methyl/N-ethyl adjacent to an activating group) is 1. The Morgan fingerprint density at radius 2 is 1.96 bits per heavy atom. The average Bonchev–Trinajstić information content (AvgIpc) is 3.13. The number of piperidine rings is 1. The van der Waals surface area contributed by atoms with Gasteiger partial charge in [-0.2, -0.15) is 0 Å². The first kappa shape index (κ1) is 20.4. The highest BCUT2D eigenvalue weighted by atomic mass is 35.5. The minimum atomic E-state index is -0.0696. The van der Waals surface area contributed by atoms with Crippen molar-refractivity contribution in [3.63, 3.8) is 0 Å². The lowest BCUT2D eigenvalue weighted by atomic mass is 10.0. The fourth-order valence-corrected chi connectivity index (χ4v) is 3.21. The normalized spacial score (nSPS) is 16.0. The Labute approximate surface area is 161 Å². The van der Waals surface area contributed by atoms with Gasteiger partial charge in [-0.05, 0) is 51.8 Å². The quantitative estimate of drug-likeness (QED) is 0.870. The van der Waals surface area contributed by atoms with Crippen LogP contribution in [0.1, 0.15) is 47.4 Å². The molecule has 6 nitrogen and oxygen atoms in total. The monoisotopic (exact) mass is 377 g/mol. The molecule has 1 atom stereocenters. The van der Waals surface area contributed by atoms with Crippen molar-refractivity contribution >= 4 is 18.3 Å². The summed E-state index contributed by atoms with van der Waals surface area (Å²) in [5.41, 5.74) is 2.91. The van der Waals surface area contributed by atoms with Gasteiger partial charge < -0.3 is 10.2 Å². The molecule has 0 spiro atoms. The molecular weight excluding hydrogens is 350 g/mol. The number of aryl methyl sites for hydroxylation is 1. The third-order valence-corrected chi connectivity index (χ3v) is 5.05. The van der Waals surface area contributed by atoms with Gasteiger partial charge in [0.1, 0.15) is 0 Å². The second kappa shape index (κ2) is 9.14. The first-order valence-electron chi connectivity index (χ1n) is 9.00. The van der Waals surface area contributed by atoms with Crippen molar-refractivity contribution in [2.24, 2.45) is 0 Å². The van der Waals surface area contributed by atoms with E-state index in [2.05, 4.69) is 53.7 Å². The van der Waals surface area contributed by atoms with Crippen LogP contribution in [0.25, 0.3) is 0 Å². The minimum absolute atomic E-state index is 0. The maximum absolute atomic E-state index is 12.7. The molecule has 0 bridgehead atoms. The lowest BCUT2D eigenvalue weighted by Gasteiger charge is -2.24. The van der Waals surface area contributed by atoms with Crippen molar-refractivity contribution in [2.75, 3.05) is 20.1 Å². The van der Waals surface area contributed by atoms with Crippen LogP contribution >= 0.6 is 12.4 Å².